The minimum absolute atomic E-state index is 0.900. The zero-order valence-corrected chi connectivity index (χ0v) is 12.5. The van der Waals surface area contributed by atoms with E-state index in [1.54, 1.807) is 4.68 Å². The van der Waals surface area contributed by atoms with Crippen LogP contribution in [-0.2, 0) is 6.42 Å². The molecule has 3 aromatic rings. The summed E-state index contributed by atoms with van der Waals surface area (Å²) in [6.07, 6.45) is 4.75. The van der Waals surface area contributed by atoms with Gasteiger partial charge in [0.1, 0.15) is 0 Å². The molecular formula is C16H20N4. The maximum atomic E-state index is 4.45. The first kappa shape index (κ1) is 14.2. The summed E-state index contributed by atoms with van der Waals surface area (Å²) in [5.74, 6) is 0. The van der Waals surface area contributed by atoms with Crippen LogP contribution in [0.2, 0.25) is 0 Å². The summed E-state index contributed by atoms with van der Waals surface area (Å²) in [7, 11) is 0. The van der Waals surface area contributed by atoms with Crippen molar-refractivity contribution < 1.29 is 0 Å². The first-order valence-electron chi connectivity index (χ1n) is 7.04. The lowest BCUT2D eigenvalue weighted by atomic mass is 10.1. The average Bonchev–Trinajstić information content (AvgIpc) is 2.94. The maximum Gasteiger partial charge on any atom is 0.0853 e. The van der Waals surface area contributed by atoms with Crippen LogP contribution in [0.1, 0.15) is 32.0 Å². The minimum Gasteiger partial charge on any atom is -0.254 e. The standard InChI is InChI=1S/C14H14N4.C2H6/c1-3-11-4-5-14-12(6-11)7-13(8-15-14)18-9-10(2)16-17-18;1-2/h4-9H,3H2,1-2H3;1-2H3. The molecule has 104 valence electrons. The summed E-state index contributed by atoms with van der Waals surface area (Å²) >= 11 is 0. The average molecular weight is 268 g/mol. The molecular weight excluding hydrogens is 248 g/mol. The highest BCUT2D eigenvalue weighted by atomic mass is 15.4. The first-order valence-corrected chi connectivity index (χ1v) is 7.04. The van der Waals surface area contributed by atoms with Gasteiger partial charge in [0.25, 0.3) is 0 Å². The van der Waals surface area contributed by atoms with Crippen LogP contribution in [-0.4, -0.2) is 20.0 Å². The molecule has 0 amide bonds. The predicted octanol–water partition coefficient (Wildman–Crippen LogP) is 3.71. The van der Waals surface area contributed by atoms with Crippen molar-refractivity contribution in [3.63, 3.8) is 0 Å². The molecule has 0 aliphatic rings. The Morgan fingerprint density at radius 2 is 1.95 bits per heavy atom. The molecule has 0 aliphatic heterocycles. The molecule has 0 bridgehead atoms. The lowest BCUT2D eigenvalue weighted by Gasteiger charge is -2.04. The van der Waals surface area contributed by atoms with Gasteiger partial charge in [-0.3, -0.25) is 4.98 Å². The van der Waals surface area contributed by atoms with Gasteiger partial charge in [0.2, 0.25) is 0 Å². The van der Waals surface area contributed by atoms with Crippen LogP contribution in [0, 0.1) is 6.92 Å². The minimum atomic E-state index is 0.900. The number of pyridine rings is 1. The van der Waals surface area contributed by atoms with Crippen molar-refractivity contribution in [3.05, 3.63) is 47.9 Å². The van der Waals surface area contributed by atoms with Gasteiger partial charge in [0.15, 0.2) is 0 Å². The smallest absolute Gasteiger partial charge is 0.0853 e. The van der Waals surface area contributed by atoms with Gasteiger partial charge in [-0.05, 0) is 37.1 Å². The second kappa shape index (κ2) is 6.28. The van der Waals surface area contributed by atoms with Crippen molar-refractivity contribution >= 4 is 10.9 Å². The van der Waals surface area contributed by atoms with Crippen molar-refractivity contribution in [3.8, 4) is 5.69 Å². The van der Waals surface area contributed by atoms with Gasteiger partial charge in [0.05, 0.1) is 29.3 Å². The second-order valence-corrected chi connectivity index (χ2v) is 4.38. The van der Waals surface area contributed by atoms with E-state index in [4.69, 9.17) is 0 Å². The Morgan fingerprint density at radius 1 is 1.15 bits per heavy atom. The van der Waals surface area contributed by atoms with Gasteiger partial charge in [-0.1, -0.05) is 32.1 Å². The van der Waals surface area contributed by atoms with E-state index in [1.807, 2.05) is 33.2 Å². The van der Waals surface area contributed by atoms with Crippen LogP contribution < -0.4 is 0 Å². The number of fused-ring (bicyclic) bond motifs is 1. The predicted molar refractivity (Wildman–Crippen MR) is 82.1 cm³/mol. The van der Waals surface area contributed by atoms with Gasteiger partial charge in [-0.15, -0.1) is 5.10 Å². The third-order valence-corrected chi connectivity index (χ3v) is 3.01. The van der Waals surface area contributed by atoms with E-state index < -0.39 is 0 Å². The summed E-state index contributed by atoms with van der Waals surface area (Å²) in [4.78, 5) is 4.45. The number of aromatic nitrogens is 4. The van der Waals surface area contributed by atoms with Gasteiger partial charge >= 0.3 is 0 Å². The van der Waals surface area contributed by atoms with Crippen LogP contribution in [0.4, 0.5) is 0 Å². The van der Waals surface area contributed by atoms with Gasteiger partial charge in [-0.2, -0.15) is 0 Å². The number of hydrogen-bond donors (Lipinski definition) is 0. The molecule has 20 heavy (non-hydrogen) atoms. The van der Waals surface area contributed by atoms with Crippen molar-refractivity contribution in [2.75, 3.05) is 0 Å². The Hall–Kier alpha value is -2.23. The molecule has 2 aromatic heterocycles. The van der Waals surface area contributed by atoms with E-state index in [0.29, 0.717) is 0 Å². The highest BCUT2D eigenvalue weighted by molar-refractivity contribution is 5.80. The van der Waals surface area contributed by atoms with Crippen LogP contribution in [0.3, 0.4) is 0 Å². The monoisotopic (exact) mass is 268 g/mol. The molecule has 4 nitrogen and oxygen atoms in total. The lowest BCUT2D eigenvalue weighted by molar-refractivity contribution is 0.799. The number of nitrogens with zero attached hydrogens (tertiary/aromatic N) is 4. The molecule has 2 heterocycles. The van der Waals surface area contributed by atoms with Gasteiger partial charge in [0, 0.05) is 5.39 Å². The van der Waals surface area contributed by atoms with E-state index >= 15 is 0 Å². The van der Waals surface area contributed by atoms with E-state index in [1.165, 1.54) is 5.56 Å². The Bertz CT molecular complexity index is 701. The molecule has 0 radical (unpaired) electrons. The fraction of sp³-hybridized carbons (Fsp3) is 0.312. The molecule has 0 saturated heterocycles. The molecule has 4 heteroatoms. The molecule has 0 atom stereocenters. The van der Waals surface area contributed by atoms with E-state index in [-0.39, 0.29) is 0 Å². The van der Waals surface area contributed by atoms with Crippen molar-refractivity contribution in [1.29, 1.82) is 0 Å². The van der Waals surface area contributed by atoms with Crippen LogP contribution in [0.5, 0.6) is 0 Å². The van der Waals surface area contributed by atoms with E-state index in [2.05, 4.69) is 46.5 Å². The largest absolute Gasteiger partial charge is 0.254 e. The highest BCUT2D eigenvalue weighted by Gasteiger charge is 2.03. The number of aryl methyl sites for hydroxylation is 2. The summed E-state index contributed by atoms with van der Waals surface area (Å²) in [5.41, 5.74) is 4.16. The Kier molecular flexibility index (Phi) is 4.45. The topological polar surface area (TPSA) is 43.6 Å². The summed E-state index contributed by atoms with van der Waals surface area (Å²) < 4.78 is 1.75. The molecule has 3 rings (SSSR count). The first-order chi connectivity index (χ1) is 9.76. The van der Waals surface area contributed by atoms with Crippen LogP contribution in [0.25, 0.3) is 16.6 Å². The highest BCUT2D eigenvalue weighted by Crippen LogP contribution is 2.17. The third-order valence-electron chi connectivity index (χ3n) is 3.01. The zero-order chi connectivity index (χ0) is 14.5. The molecule has 0 N–H and O–H groups in total. The van der Waals surface area contributed by atoms with Crippen LogP contribution in [0.15, 0.2) is 36.7 Å². The Balaban J connectivity index is 0.000000704. The van der Waals surface area contributed by atoms with Crippen LogP contribution >= 0.6 is 0 Å². The maximum absolute atomic E-state index is 4.45. The number of rotatable bonds is 2. The van der Waals surface area contributed by atoms with Crippen molar-refractivity contribution in [2.45, 2.75) is 34.1 Å². The van der Waals surface area contributed by atoms with Crippen molar-refractivity contribution in [1.82, 2.24) is 20.0 Å². The molecule has 0 aliphatic carbocycles. The molecule has 0 unspecified atom stereocenters. The number of hydrogen-bond acceptors (Lipinski definition) is 3. The fourth-order valence-electron chi connectivity index (χ4n) is 1.99. The van der Waals surface area contributed by atoms with Gasteiger partial charge in [-0.25, -0.2) is 4.68 Å². The quantitative estimate of drug-likeness (QED) is 0.711. The third kappa shape index (κ3) is 2.85. The molecule has 1 aromatic carbocycles. The SMILES string of the molecule is CC.CCc1ccc2ncc(-n3cc(C)nn3)cc2c1. The normalized spacial score (nSPS) is 10.2. The molecule has 0 spiro atoms. The second-order valence-electron chi connectivity index (χ2n) is 4.38. The summed E-state index contributed by atoms with van der Waals surface area (Å²) in [5, 5.41) is 9.19. The molecule has 0 saturated carbocycles. The Morgan fingerprint density at radius 3 is 2.60 bits per heavy atom. The summed E-state index contributed by atoms with van der Waals surface area (Å²) in [6.45, 7) is 8.08. The lowest BCUT2D eigenvalue weighted by Crippen LogP contribution is -1.96. The number of benzene rings is 1. The summed E-state index contributed by atoms with van der Waals surface area (Å²) in [6, 6.07) is 8.45. The van der Waals surface area contributed by atoms with Gasteiger partial charge < -0.3 is 0 Å². The van der Waals surface area contributed by atoms with Crippen molar-refractivity contribution in [2.24, 2.45) is 0 Å². The Labute approximate surface area is 119 Å². The zero-order valence-electron chi connectivity index (χ0n) is 12.5. The van der Waals surface area contributed by atoms with E-state index in [9.17, 15) is 0 Å². The fourth-order valence-corrected chi connectivity index (χ4v) is 1.99. The molecule has 0 fully saturated rings. The van der Waals surface area contributed by atoms with E-state index in [0.717, 1.165) is 28.7 Å².